The van der Waals surface area contributed by atoms with E-state index in [9.17, 15) is 4.79 Å². The maximum absolute atomic E-state index is 12.0. The highest BCUT2D eigenvalue weighted by Gasteiger charge is 2.24. The van der Waals surface area contributed by atoms with E-state index >= 15 is 0 Å². The number of likely N-dealkylation sites (N-methyl/N-ethyl adjacent to an activating group) is 1. The predicted molar refractivity (Wildman–Crippen MR) is 72.8 cm³/mol. The van der Waals surface area contributed by atoms with Gasteiger partial charge in [0, 0.05) is 13.1 Å². The highest BCUT2D eigenvalue weighted by atomic mass is 32.1. The predicted octanol–water partition coefficient (Wildman–Crippen LogP) is 1.21. The maximum Gasteiger partial charge on any atom is 0.328 e. The molecule has 0 fully saturated rings. The lowest BCUT2D eigenvalue weighted by atomic mass is 10.2. The Kier molecular flexibility index (Phi) is 6.24. The molecule has 1 aromatic heterocycles. The van der Waals surface area contributed by atoms with Crippen molar-refractivity contribution in [3.63, 3.8) is 0 Å². The van der Waals surface area contributed by atoms with Crippen LogP contribution in [-0.2, 0) is 9.53 Å². The van der Waals surface area contributed by atoms with Crippen molar-refractivity contribution in [3.8, 4) is 0 Å². The van der Waals surface area contributed by atoms with Gasteiger partial charge < -0.3 is 9.64 Å². The number of nitrogens with one attached hydrogen (secondary N) is 1. The summed E-state index contributed by atoms with van der Waals surface area (Å²) in [5.74, 6) is -0.233. The van der Waals surface area contributed by atoms with Crippen LogP contribution >= 0.6 is 11.3 Å². The summed E-state index contributed by atoms with van der Waals surface area (Å²) in [5, 5.41) is 3.23. The molecule has 1 N–H and O–H groups in total. The third kappa shape index (κ3) is 4.36. The minimum absolute atomic E-state index is 0.233. The minimum atomic E-state index is -0.405. The Morgan fingerprint density at radius 1 is 1.61 bits per heavy atom. The first-order valence-electron chi connectivity index (χ1n) is 6.01. The van der Waals surface area contributed by atoms with E-state index in [1.807, 2.05) is 27.9 Å². The van der Waals surface area contributed by atoms with Crippen LogP contribution in [0, 0.1) is 6.92 Å². The summed E-state index contributed by atoms with van der Waals surface area (Å²) in [4.78, 5) is 19.1. The first-order chi connectivity index (χ1) is 8.56. The Bertz CT molecular complexity index is 379. The number of hydrogen-bond acceptors (Lipinski definition) is 6. The van der Waals surface area contributed by atoms with E-state index in [0.717, 1.165) is 23.7 Å². The van der Waals surface area contributed by atoms with Gasteiger partial charge in [0.25, 0.3) is 0 Å². The highest BCUT2D eigenvalue weighted by Crippen LogP contribution is 2.22. The molecule has 6 heteroatoms. The number of hydrogen-bond donors (Lipinski definition) is 1. The molecule has 0 radical (unpaired) electrons. The van der Waals surface area contributed by atoms with Crippen LogP contribution in [0.25, 0.3) is 0 Å². The fourth-order valence-corrected chi connectivity index (χ4v) is 2.39. The lowest BCUT2D eigenvalue weighted by Crippen LogP contribution is -2.34. The van der Waals surface area contributed by atoms with Gasteiger partial charge in [0.05, 0.1) is 22.7 Å². The summed E-state index contributed by atoms with van der Waals surface area (Å²) in [7, 11) is 4.00. The Morgan fingerprint density at radius 3 is 2.83 bits per heavy atom. The summed E-state index contributed by atoms with van der Waals surface area (Å²) < 4.78 is 5.10. The molecule has 0 aliphatic rings. The standard InChI is InChI=1S/C12H21N3O2S/c1-5-17-12(16)10(13-6-7-15(3)4)11-9(2)14-8-18-11/h8,10,13H,5-7H2,1-4H3. The molecule has 1 unspecified atom stereocenters. The fourth-order valence-electron chi connectivity index (χ4n) is 1.53. The van der Waals surface area contributed by atoms with E-state index in [2.05, 4.69) is 15.2 Å². The van der Waals surface area contributed by atoms with Crippen LogP contribution in [0.2, 0.25) is 0 Å². The molecule has 1 aromatic rings. The minimum Gasteiger partial charge on any atom is -0.465 e. The molecular formula is C12H21N3O2S. The van der Waals surface area contributed by atoms with Crippen molar-refractivity contribution >= 4 is 17.3 Å². The first kappa shape index (κ1) is 15.1. The number of carbonyl (C=O) groups excluding carboxylic acids is 1. The molecule has 1 heterocycles. The van der Waals surface area contributed by atoms with Gasteiger partial charge in [-0.05, 0) is 27.9 Å². The summed E-state index contributed by atoms with van der Waals surface area (Å²) in [5.41, 5.74) is 2.64. The SMILES string of the molecule is CCOC(=O)C(NCCN(C)C)c1scnc1C. The van der Waals surface area contributed by atoms with Crippen LogP contribution in [0.5, 0.6) is 0 Å². The van der Waals surface area contributed by atoms with E-state index in [1.165, 1.54) is 11.3 Å². The topological polar surface area (TPSA) is 54.5 Å². The van der Waals surface area contributed by atoms with E-state index in [1.54, 1.807) is 5.51 Å². The molecule has 1 atom stereocenters. The van der Waals surface area contributed by atoms with Crippen molar-refractivity contribution in [2.45, 2.75) is 19.9 Å². The first-order valence-corrected chi connectivity index (χ1v) is 6.89. The molecule has 0 spiro atoms. The van der Waals surface area contributed by atoms with Crippen LogP contribution in [0.4, 0.5) is 0 Å². The van der Waals surface area contributed by atoms with Gasteiger partial charge >= 0.3 is 5.97 Å². The van der Waals surface area contributed by atoms with Crippen LogP contribution in [0.3, 0.4) is 0 Å². The molecule has 102 valence electrons. The van der Waals surface area contributed by atoms with Gasteiger partial charge in [0.15, 0.2) is 0 Å². The number of aromatic nitrogens is 1. The van der Waals surface area contributed by atoms with Gasteiger partial charge in [0.2, 0.25) is 0 Å². The summed E-state index contributed by atoms with van der Waals surface area (Å²) in [6, 6.07) is -0.405. The molecular weight excluding hydrogens is 250 g/mol. The van der Waals surface area contributed by atoms with Gasteiger partial charge in [-0.3, -0.25) is 5.32 Å². The Balaban J connectivity index is 2.70. The van der Waals surface area contributed by atoms with Crippen molar-refractivity contribution in [2.24, 2.45) is 0 Å². The average Bonchev–Trinajstić information content (AvgIpc) is 2.71. The lowest BCUT2D eigenvalue weighted by molar-refractivity contribution is -0.145. The second-order valence-corrected chi connectivity index (χ2v) is 5.13. The third-order valence-corrected chi connectivity index (χ3v) is 3.47. The van der Waals surface area contributed by atoms with Crippen molar-refractivity contribution in [3.05, 3.63) is 16.1 Å². The van der Waals surface area contributed by atoms with Crippen molar-refractivity contribution in [2.75, 3.05) is 33.8 Å². The number of aryl methyl sites for hydroxylation is 1. The zero-order chi connectivity index (χ0) is 13.5. The normalized spacial score (nSPS) is 12.7. The molecule has 0 aliphatic heterocycles. The largest absolute Gasteiger partial charge is 0.465 e. The number of thiazole rings is 1. The van der Waals surface area contributed by atoms with Gasteiger partial charge in [-0.15, -0.1) is 11.3 Å². The molecule has 1 rings (SSSR count). The summed E-state index contributed by atoms with van der Waals surface area (Å²) in [6.45, 7) is 5.71. The number of ether oxygens (including phenoxy) is 1. The maximum atomic E-state index is 12.0. The van der Waals surface area contributed by atoms with E-state index in [-0.39, 0.29) is 5.97 Å². The van der Waals surface area contributed by atoms with Crippen LogP contribution in [0.1, 0.15) is 23.5 Å². The Labute approximate surface area is 112 Å². The van der Waals surface area contributed by atoms with Crippen LogP contribution < -0.4 is 5.32 Å². The second-order valence-electron chi connectivity index (χ2n) is 4.24. The Hall–Kier alpha value is -0.980. The second kappa shape index (κ2) is 7.45. The van der Waals surface area contributed by atoms with E-state index in [4.69, 9.17) is 4.74 Å². The van der Waals surface area contributed by atoms with Crippen LogP contribution in [-0.4, -0.2) is 49.6 Å². The van der Waals surface area contributed by atoms with Crippen molar-refractivity contribution < 1.29 is 9.53 Å². The zero-order valence-corrected chi connectivity index (χ0v) is 12.2. The highest BCUT2D eigenvalue weighted by molar-refractivity contribution is 7.10. The molecule has 0 saturated heterocycles. The molecule has 0 aliphatic carbocycles. The number of rotatable bonds is 7. The Morgan fingerprint density at radius 2 is 2.33 bits per heavy atom. The van der Waals surface area contributed by atoms with Gasteiger partial charge in [-0.2, -0.15) is 0 Å². The quantitative estimate of drug-likeness (QED) is 0.755. The fraction of sp³-hybridized carbons (Fsp3) is 0.667. The van der Waals surface area contributed by atoms with E-state index < -0.39 is 6.04 Å². The lowest BCUT2D eigenvalue weighted by Gasteiger charge is -2.18. The van der Waals surface area contributed by atoms with Gasteiger partial charge in [-0.1, -0.05) is 0 Å². The van der Waals surface area contributed by atoms with Gasteiger partial charge in [0.1, 0.15) is 6.04 Å². The number of carbonyl (C=O) groups is 1. The van der Waals surface area contributed by atoms with E-state index in [0.29, 0.717) is 6.61 Å². The summed E-state index contributed by atoms with van der Waals surface area (Å²) >= 11 is 1.48. The monoisotopic (exact) mass is 271 g/mol. The molecule has 18 heavy (non-hydrogen) atoms. The van der Waals surface area contributed by atoms with Crippen molar-refractivity contribution in [1.29, 1.82) is 0 Å². The van der Waals surface area contributed by atoms with Crippen LogP contribution in [0.15, 0.2) is 5.51 Å². The van der Waals surface area contributed by atoms with Crippen molar-refractivity contribution in [1.82, 2.24) is 15.2 Å². The molecule has 0 bridgehead atoms. The molecule has 0 saturated carbocycles. The molecule has 0 aromatic carbocycles. The smallest absolute Gasteiger partial charge is 0.328 e. The number of nitrogens with zero attached hydrogens (tertiary/aromatic N) is 2. The van der Waals surface area contributed by atoms with Gasteiger partial charge in [-0.25, -0.2) is 9.78 Å². The summed E-state index contributed by atoms with van der Waals surface area (Å²) in [6.07, 6.45) is 0. The zero-order valence-electron chi connectivity index (χ0n) is 11.4. The third-order valence-electron chi connectivity index (χ3n) is 2.47. The molecule has 0 amide bonds. The molecule has 5 nitrogen and oxygen atoms in total. The average molecular weight is 271 g/mol. The number of esters is 1.